The number of para-hydroxylation sites is 2. The molecule has 0 atom stereocenters. The minimum Gasteiger partial charge on any atom is -0.309 e. The Morgan fingerprint density at radius 1 is 0.407 bits per heavy atom. The van der Waals surface area contributed by atoms with Crippen LogP contribution in [0.4, 0.5) is 17.1 Å². The summed E-state index contributed by atoms with van der Waals surface area (Å²) in [5.74, 6) is 0.588. The Hall–Kier alpha value is -6.18. The fourth-order valence-corrected chi connectivity index (χ4v) is 11.4. The molecule has 8 aromatic rings. The minimum absolute atomic E-state index is 0.0891. The summed E-state index contributed by atoms with van der Waals surface area (Å²) >= 11 is 0. The molecular weight excluding hydrogens is 711 g/mol. The molecule has 0 bridgehead atoms. The van der Waals surface area contributed by atoms with Crippen molar-refractivity contribution in [1.29, 1.82) is 0 Å². The van der Waals surface area contributed by atoms with Gasteiger partial charge in [0.1, 0.15) is 0 Å². The molecule has 3 aliphatic carbocycles. The first-order chi connectivity index (χ1) is 28.8. The number of anilines is 3. The van der Waals surface area contributed by atoms with Crippen molar-refractivity contribution in [3.8, 4) is 44.5 Å². The van der Waals surface area contributed by atoms with Crippen LogP contribution < -0.4 is 4.90 Å². The van der Waals surface area contributed by atoms with Crippen molar-refractivity contribution in [2.45, 2.75) is 76.5 Å². The highest BCUT2D eigenvalue weighted by Gasteiger charge is 2.38. The maximum atomic E-state index is 2.58. The molecule has 0 amide bonds. The summed E-state index contributed by atoms with van der Waals surface area (Å²) in [4.78, 5) is 2.58. The van der Waals surface area contributed by atoms with Gasteiger partial charge in [-0.05, 0) is 115 Å². The van der Waals surface area contributed by atoms with Gasteiger partial charge in [0.25, 0.3) is 0 Å². The number of rotatable bonds is 6. The second-order valence-electron chi connectivity index (χ2n) is 18.3. The van der Waals surface area contributed by atoms with E-state index in [9.17, 15) is 0 Å². The molecule has 1 fully saturated rings. The van der Waals surface area contributed by atoms with Crippen molar-refractivity contribution in [2.24, 2.45) is 0 Å². The van der Waals surface area contributed by atoms with Gasteiger partial charge >= 0.3 is 0 Å². The van der Waals surface area contributed by atoms with Crippen LogP contribution in [0.5, 0.6) is 0 Å². The van der Waals surface area contributed by atoms with E-state index in [0.717, 1.165) is 0 Å². The average Bonchev–Trinajstić information content (AvgIpc) is 3.66. The lowest BCUT2D eigenvalue weighted by molar-refractivity contribution is 0.445. The van der Waals surface area contributed by atoms with Crippen molar-refractivity contribution >= 4 is 27.8 Å². The third-order valence-electron chi connectivity index (χ3n) is 14.3. The van der Waals surface area contributed by atoms with E-state index in [1.54, 1.807) is 0 Å². The monoisotopic (exact) mass is 761 g/mol. The van der Waals surface area contributed by atoms with E-state index in [-0.39, 0.29) is 10.8 Å². The van der Waals surface area contributed by atoms with Crippen LogP contribution in [0, 0.1) is 0 Å². The lowest BCUT2D eigenvalue weighted by Crippen LogP contribution is -2.17. The van der Waals surface area contributed by atoms with Crippen molar-refractivity contribution in [1.82, 2.24) is 0 Å². The maximum Gasteiger partial charge on any atom is 0.0540 e. The molecule has 1 saturated carbocycles. The highest BCUT2D eigenvalue weighted by molar-refractivity contribution is 6.05. The molecule has 11 rings (SSSR count). The van der Waals surface area contributed by atoms with Crippen LogP contribution in [0.25, 0.3) is 55.3 Å². The first kappa shape index (κ1) is 35.9. The molecule has 0 N–H and O–H groups in total. The standard InChI is InChI=1S/C58H51N/c1-57(2)50-31-13-9-26-48(50)56-47(29-18-32-51(56)57)45-25-11-15-34-54(45)59(40-35-36-43-42-23-8-12-30-49(42)58(3,4)52(43)37-40)53-33-14-10-24-44(53)46-28-17-22-39-21-16-27-41(55(39)46)38-19-6-5-7-20-38/h8-18,21-38H,5-7,19-20H2,1-4H3. The number of nitrogens with zero attached hydrogens (tertiary/aromatic N) is 1. The molecule has 8 aromatic carbocycles. The first-order valence-electron chi connectivity index (χ1n) is 21.8. The molecule has 0 spiro atoms. The summed E-state index contributed by atoms with van der Waals surface area (Å²) in [6.07, 6.45) is 6.51. The van der Waals surface area contributed by atoms with Gasteiger partial charge in [0, 0.05) is 27.6 Å². The molecule has 288 valence electrons. The van der Waals surface area contributed by atoms with Gasteiger partial charge in [-0.25, -0.2) is 0 Å². The van der Waals surface area contributed by atoms with E-state index < -0.39 is 0 Å². The fourth-order valence-electron chi connectivity index (χ4n) is 11.4. The molecule has 0 heterocycles. The largest absolute Gasteiger partial charge is 0.309 e. The Kier molecular flexibility index (Phi) is 8.35. The third kappa shape index (κ3) is 5.51. The predicted molar refractivity (Wildman–Crippen MR) is 250 cm³/mol. The maximum absolute atomic E-state index is 2.58. The number of hydrogen-bond acceptors (Lipinski definition) is 1. The van der Waals surface area contributed by atoms with Crippen molar-refractivity contribution in [3.63, 3.8) is 0 Å². The van der Waals surface area contributed by atoms with Crippen molar-refractivity contribution in [2.75, 3.05) is 4.90 Å². The number of fused-ring (bicyclic) bond motifs is 7. The SMILES string of the molecule is CC1(C)c2ccccc2-c2ccc(N(c3ccccc3-c3cccc4c3-c3ccccc3C4(C)C)c3ccccc3-c3cccc4cccc(C5CCCCC5)c34)cc21. The molecule has 0 radical (unpaired) electrons. The Morgan fingerprint density at radius 2 is 0.915 bits per heavy atom. The van der Waals surface area contributed by atoms with Gasteiger partial charge in [0.05, 0.1) is 11.4 Å². The van der Waals surface area contributed by atoms with Gasteiger partial charge in [-0.3, -0.25) is 0 Å². The zero-order valence-corrected chi connectivity index (χ0v) is 34.7. The molecule has 0 aromatic heterocycles. The van der Waals surface area contributed by atoms with Gasteiger partial charge in [0.2, 0.25) is 0 Å². The topological polar surface area (TPSA) is 3.24 Å². The van der Waals surface area contributed by atoms with E-state index in [4.69, 9.17) is 0 Å². The summed E-state index contributed by atoms with van der Waals surface area (Å²) in [6, 6.07) is 64.5. The average molecular weight is 762 g/mol. The van der Waals surface area contributed by atoms with Crippen LogP contribution in [0.2, 0.25) is 0 Å². The highest BCUT2D eigenvalue weighted by Crippen LogP contribution is 2.56. The number of benzene rings is 8. The zero-order chi connectivity index (χ0) is 39.9. The van der Waals surface area contributed by atoms with E-state index in [1.807, 2.05) is 0 Å². The Labute approximate surface area is 350 Å². The summed E-state index contributed by atoms with van der Waals surface area (Å²) in [7, 11) is 0. The quantitative estimate of drug-likeness (QED) is 0.163. The molecule has 0 unspecified atom stereocenters. The molecule has 1 nitrogen and oxygen atoms in total. The second-order valence-corrected chi connectivity index (χ2v) is 18.3. The van der Waals surface area contributed by atoms with Crippen LogP contribution in [0.1, 0.15) is 93.5 Å². The van der Waals surface area contributed by atoms with Crippen molar-refractivity contribution < 1.29 is 0 Å². The van der Waals surface area contributed by atoms with Crippen LogP contribution in [-0.2, 0) is 10.8 Å². The number of hydrogen-bond donors (Lipinski definition) is 0. The molecule has 59 heavy (non-hydrogen) atoms. The molecule has 3 aliphatic rings. The summed E-state index contributed by atoms with van der Waals surface area (Å²) < 4.78 is 0. The van der Waals surface area contributed by atoms with E-state index in [0.29, 0.717) is 5.92 Å². The lowest BCUT2D eigenvalue weighted by atomic mass is 9.80. The van der Waals surface area contributed by atoms with Crippen LogP contribution in [0.15, 0.2) is 170 Å². The van der Waals surface area contributed by atoms with Gasteiger partial charge in [-0.15, -0.1) is 0 Å². The Bertz CT molecular complexity index is 2930. The molecular formula is C58H51N. The summed E-state index contributed by atoms with van der Waals surface area (Å²) in [6.45, 7) is 9.55. The zero-order valence-electron chi connectivity index (χ0n) is 34.7. The molecule has 1 heteroatoms. The second kappa shape index (κ2) is 13.7. The highest BCUT2D eigenvalue weighted by atomic mass is 15.1. The van der Waals surface area contributed by atoms with Gasteiger partial charge in [-0.2, -0.15) is 0 Å². The van der Waals surface area contributed by atoms with Crippen LogP contribution in [-0.4, -0.2) is 0 Å². The van der Waals surface area contributed by atoms with Gasteiger partial charge < -0.3 is 4.90 Å². The molecule has 0 saturated heterocycles. The van der Waals surface area contributed by atoms with E-state index in [1.165, 1.54) is 132 Å². The van der Waals surface area contributed by atoms with Gasteiger partial charge in [0.15, 0.2) is 0 Å². The minimum atomic E-state index is -0.132. The van der Waals surface area contributed by atoms with Gasteiger partial charge in [-0.1, -0.05) is 193 Å². The summed E-state index contributed by atoms with van der Waals surface area (Å²) in [5.41, 5.74) is 20.8. The summed E-state index contributed by atoms with van der Waals surface area (Å²) in [5, 5.41) is 2.73. The predicted octanol–water partition coefficient (Wildman–Crippen LogP) is 16.3. The Morgan fingerprint density at radius 3 is 1.64 bits per heavy atom. The molecule has 0 aliphatic heterocycles. The smallest absolute Gasteiger partial charge is 0.0540 e. The Balaban J connectivity index is 1.18. The lowest BCUT2D eigenvalue weighted by Gasteiger charge is -2.32. The van der Waals surface area contributed by atoms with Crippen molar-refractivity contribution in [3.05, 3.63) is 198 Å². The third-order valence-corrected chi connectivity index (χ3v) is 14.3. The first-order valence-corrected chi connectivity index (χ1v) is 21.8. The fraction of sp³-hybridized carbons (Fsp3) is 0.207. The normalized spacial score (nSPS) is 16.0. The van der Waals surface area contributed by atoms with Crippen LogP contribution >= 0.6 is 0 Å². The van der Waals surface area contributed by atoms with E-state index in [2.05, 4.69) is 202 Å². The van der Waals surface area contributed by atoms with E-state index >= 15 is 0 Å². The van der Waals surface area contributed by atoms with Crippen LogP contribution in [0.3, 0.4) is 0 Å².